The standard InChI is InChI=1S/C27H24N6O2/c1-18(19-8-3-2-4-9-19)16-25(34)35-17-33-31-24-15-14-22(28)26(27(24)32-33)30-29-23-13-7-11-20-10-5-6-12-21(20)23/h2-15,18H,16-17,28H2,1H3/t18-/m0/s1. The molecule has 0 unspecified atom stereocenters. The molecular formula is C27H24N6O2. The molecule has 35 heavy (non-hydrogen) atoms. The van der Waals surface area contributed by atoms with E-state index in [0.29, 0.717) is 22.4 Å². The third kappa shape index (κ3) is 4.86. The summed E-state index contributed by atoms with van der Waals surface area (Å²) in [7, 11) is 0. The van der Waals surface area contributed by atoms with E-state index < -0.39 is 0 Å². The molecule has 0 aliphatic heterocycles. The Balaban J connectivity index is 1.33. The van der Waals surface area contributed by atoms with Gasteiger partial charge >= 0.3 is 5.97 Å². The van der Waals surface area contributed by atoms with Crippen LogP contribution < -0.4 is 5.73 Å². The van der Waals surface area contributed by atoms with E-state index in [2.05, 4.69) is 20.4 Å². The molecule has 1 atom stereocenters. The van der Waals surface area contributed by atoms with Gasteiger partial charge in [0, 0.05) is 5.39 Å². The number of carbonyl (C=O) groups excluding carboxylic acids is 1. The lowest BCUT2D eigenvalue weighted by atomic mass is 9.98. The molecule has 0 fully saturated rings. The minimum absolute atomic E-state index is 0.0502. The number of nitrogen functional groups attached to an aromatic ring is 1. The summed E-state index contributed by atoms with van der Waals surface area (Å²) < 4.78 is 5.41. The molecular weight excluding hydrogens is 440 g/mol. The Morgan fingerprint density at radius 2 is 1.71 bits per heavy atom. The zero-order chi connectivity index (χ0) is 24.2. The second-order valence-corrected chi connectivity index (χ2v) is 8.30. The van der Waals surface area contributed by atoms with Gasteiger partial charge in [-0.05, 0) is 35.1 Å². The van der Waals surface area contributed by atoms with E-state index in [4.69, 9.17) is 10.5 Å². The number of hydrogen-bond acceptors (Lipinski definition) is 7. The highest BCUT2D eigenvalue weighted by atomic mass is 16.5. The van der Waals surface area contributed by atoms with Crippen molar-refractivity contribution in [2.75, 3.05) is 5.73 Å². The summed E-state index contributed by atoms with van der Waals surface area (Å²) in [6.07, 6.45) is 0.266. The first-order valence-electron chi connectivity index (χ1n) is 11.3. The highest BCUT2D eigenvalue weighted by Crippen LogP contribution is 2.33. The number of esters is 1. The van der Waals surface area contributed by atoms with Gasteiger partial charge in [0.1, 0.15) is 16.7 Å². The van der Waals surface area contributed by atoms with Gasteiger partial charge in [-0.2, -0.15) is 0 Å². The number of nitrogens with zero attached hydrogens (tertiary/aromatic N) is 5. The molecule has 1 aromatic heterocycles. The minimum atomic E-state index is -0.321. The van der Waals surface area contributed by atoms with E-state index in [1.807, 2.05) is 79.7 Å². The minimum Gasteiger partial charge on any atom is -0.441 e. The van der Waals surface area contributed by atoms with Gasteiger partial charge in [-0.3, -0.25) is 4.79 Å². The molecule has 5 aromatic rings. The third-order valence-electron chi connectivity index (χ3n) is 5.81. The number of fused-ring (bicyclic) bond motifs is 2. The van der Waals surface area contributed by atoms with Gasteiger partial charge in [0.15, 0.2) is 0 Å². The molecule has 8 heteroatoms. The number of aromatic nitrogens is 3. The highest BCUT2D eigenvalue weighted by Gasteiger charge is 2.15. The van der Waals surface area contributed by atoms with Gasteiger partial charge in [0.2, 0.25) is 6.73 Å². The van der Waals surface area contributed by atoms with Crippen molar-refractivity contribution >= 4 is 44.8 Å². The molecule has 0 aliphatic carbocycles. The average molecular weight is 465 g/mol. The Labute approximate surface area is 202 Å². The predicted octanol–water partition coefficient (Wildman–Crippen LogP) is 6.28. The van der Waals surface area contributed by atoms with Crippen LogP contribution >= 0.6 is 0 Å². The van der Waals surface area contributed by atoms with E-state index in [1.165, 1.54) is 4.80 Å². The van der Waals surface area contributed by atoms with Crippen LogP contribution in [-0.4, -0.2) is 21.0 Å². The summed E-state index contributed by atoms with van der Waals surface area (Å²) in [6.45, 7) is 1.89. The molecule has 174 valence electrons. The van der Waals surface area contributed by atoms with Gasteiger partial charge in [-0.15, -0.1) is 25.2 Å². The third-order valence-corrected chi connectivity index (χ3v) is 5.81. The Kier molecular flexibility index (Phi) is 6.17. The van der Waals surface area contributed by atoms with Crippen LogP contribution in [-0.2, 0) is 16.3 Å². The molecule has 0 radical (unpaired) electrons. The SMILES string of the molecule is C[C@@H](CC(=O)OCn1nc2ccc(N)c(N=Nc3cccc4ccccc34)c2n1)c1ccccc1. The lowest BCUT2D eigenvalue weighted by Crippen LogP contribution is -2.13. The predicted molar refractivity (Wildman–Crippen MR) is 136 cm³/mol. The zero-order valence-corrected chi connectivity index (χ0v) is 19.2. The Hall–Kier alpha value is -4.59. The van der Waals surface area contributed by atoms with Gasteiger partial charge in [-0.25, -0.2) is 0 Å². The first-order chi connectivity index (χ1) is 17.1. The van der Waals surface area contributed by atoms with E-state index >= 15 is 0 Å². The maximum Gasteiger partial charge on any atom is 0.308 e. The van der Waals surface area contributed by atoms with E-state index in [9.17, 15) is 4.79 Å². The van der Waals surface area contributed by atoms with Crippen LogP contribution in [0.2, 0.25) is 0 Å². The largest absolute Gasteiger partial charge is 0.441 e. The summed E-state index contributed by atoms with van der Waals surface area (Å²) in [6, 6.07) is 27.1. The van der Waals surface area contributed by atoms with Gasteiger partial charge in [-0.1, -0.05) is 73.7 Å². The monoisotopic (exact) mass is 464 g/mol. The maximum absolute atomic E-state index is 12.4. The lowest BCUT2D eigenvalue weighted by molar-refractivity contribution is -0.148. The summed E-state index contributed by atoms with van der Waals surface area (Å²) in [5.74, 6) is -0.271. The normalized spacial score (nSPS) is 12.4. The van der Waals surface area contributed by atoms with Crippen LogP contribution in [0.15, 0.2) is 95.2 Å². The zero-order valence-electron chi connectivity index (χ0n) is 19.2. The van der Waals surface area contributed by atoms with Crippen molar-refractivity contribution in [3.63, 3.8) is 0 Å². The molecule has 0 amide bonds. The van der Waals surface area contributed by atoms with Gasteiger partial charge in [0.05, 0.1) is 17.8 Å². The van der Waals surface area contributed by atoms with Crippen molar-refractivity contribution in [3.05, 3.63) is 90.5 Å². The second-order valence-electron chi connectivity index (χ2n) is 8.30. The van der Waals surface area contributed by atoms with Gasteiger partial charge in [0.25, 0.3) is 0 Å². The molecule has 2 N–H and O–H groups in total. The average Bonchev–Trinajstić information content (AvgIpc) is 3.31. The van der Waals surface area contributed by atoms with Crippen LogP contribution in [0.4, 0.5) is 17.1 Å². The molecule has 5 rings (SSSR count). The molecule has 0 aliphatic rings. The number of rotatable bonds is 7. The molecule has 0 bridgehead atoms. The number of nitrogens with two attached hydrogens (primary N) is 1. The maximum atomic E-state index is 12.4. The number of carbonyl (C=O) groups is 1. The molecule has 1 heterocycles. The van der Waals surface area contributed by atoms with Crippen LogP contribution in [0.5, 0.6) is 0 Å². The molecule has 0 spiro atoms. The fraction of sp³-hybridized carbons (Fsp3) is 0.148. The van der Waals surface area contributed by atoms with E-state index in [1.54, 1.807) is 12.1 Å². The second kappa shape index (κ2) is 9.72. The van der Waals surface area contributed by atoms with Crippen molar-refractivity contribution in [3.8, 4) is 0 Å². The van der Waals surface area contributed by atoms with Crippen molar-refractivity contribution in [1.29, 1.82) is 0 Å². The lowest BCUT2D eigenvalue weighted by Gasteiger charge is -2.11. The highest BCUT2D eigenvalue weighted by molar-refractivity contribution is 5.94. The number of ether oxygens (including phenoxy) is 1. The quantitative estimate of drug-likeness (QED) is 0.173. The molecule has 4 aromatic carbocycles. The van der Waals surface area contributed by atoms with Gasteiger partial charge < -0.3 is 10.5 Å². The summed E-state index contributed by atoms with van der Waals surface area (Å²) in [4.78, 5) is 13.7. The number of benzene rings is 4. The Morgan fingerprint density at radius 1 is 0.943 bits per heavy atom. The summed E-state index contributed by atoms with van der Waals surface area (Å²) >= 11 is 0. The number of hydrogen-bond donors (Lipinski definition) is 1. The summed E-state index contributed by atoms with van der Waals surface area (Å²) in [5.41, 5.74) is 9.93. The molecule has 0 saturated carbocycles. The van der Waals surface area contributed by atoms with Crippen molar-refractivity contribution in [2.24, 2.45) is 10.2 Å². The number of anilines is 1. The number of azo groups is 1. The molecule has 0 saturated heterocycles. The van der Waals surface area contributed by atoms with Crippen LogP contribution in [0.3, 0.4) is 0 Å². The summed E-state index contributed by atoms with van der Waals surface area (Å²) in [5, 5.41) is 19.8. The van der Waals surface area contributed by atoms with Crippen molar-refractivity contribution in [2.45, 2.75) is 26.0 Å². The van der Waals surface area contributed by atoms with Crippen molar-refractivity contribution in [1.82, 2.24) is 15.0 Å². The molecule has 8 nitrogen and oxygen atoms in total. The van der Waals surface area contributed by atoms with Crippen LogP contribution in [0.1, 0.15) is 24.8 Å². The topological polar surface area (TPSA) is 108 Å². The fourth-order valence-corrected chi connectivity index (χ4v) is 3.93. The first-order valence-corrected chi connectivity index (χ1v) is 11.3. The Morgan fingerprint density at radius 3 is 2.57 bits per heavy atom. The Bertz CT molecular complexity index is 1520. The van der Waals surface area contributed by atoms with E-state index in [-0.39, 0.29) is 25.0 Å². The van der Waals surface area contributed by atoms with Crippen LogP contribution in [0.25, 0.3) is 21.8 Å². The smallest absolute Gasteiger partial charge is 0.308 e. The van der Waals surface area contributed by atoms with Crippen molar-refractivity contribution < 1.29 is 9.53 Å². The first kappa shape index (κ1) is 22.2. The van der Waals surface area contributed by atoms with Crippen LogP contribution in [0, 0.1) is 0 Å². The fourth-order valence-electron chi connectivity index (χ4n) is 3.93. The van der Waals surface area contributed by atoms with E-state index in [0.717, 1.165) is 22.0 Å².